The van der Waals surface area contributed by atoms with Crippen molar-refractivity contribution in [3.63, 3.8) is 0 Å². The van der Waals surface area contributed by atoms with E-state index in [0.717, 1.165) is 28.8 Å². The number of thioether (sulfide) groups is 1. The van der Waals surface area contributed by atoms with Crippen molar-refractivity contribution in [1.82, 2.24) is 25.1 Å². The Morgan fingerprint density at radius 3 is 2.48 bits per heavy atom. The maximum Gasteiger partial charge on any atom is 0.230 e. The number of nitrogens with one attached hydrogen (secondary N) is 1. The highest BCUT2D eigenvalue weighted by atomic mass is 32.2. The number of nitrogens with zero attached hydrogens (tertiary/aromatic N) is 4. The molecule has 1 N–H and O–H groups in total. The molecule has 1 amide bonds. The molecule has 0 aliphatic heterocycles. The van der Waals surface area contributed by atoms with Gasteiger partial charge in [-0.3, -0.25) is 9.78 Å². The fraction of sp³-hybridized carbons (Fsp3) is 0.364. The van der Waals surface area contributed by atoms with E-state index in [2.05, 4.69) is 72.5 Å². The van der Waals surface area contributed by atoms with Crippen molar-refractivity contribution in [2.24, 2.45) is 0 Å². The van der Waals surface area contributed by atoms with Crippen LogP contribution in [0, 0.1) is 0 Å². The molecule has 29 heavy (non-hydrogen) atoms. The van der Waals surface area contributed by atoms with Crippen molar-refractivity contribution in [3.05, 3.63) is 59.9 Å². The van der Waals surface area contributed by atoms with Crippen LogP contribution >= 0.6 is 11.8 Å². The number of amides is 1. The third kappa shape index (κ3) is 5.44. The second-order valence-corrected chi connectivity index (χ2v) is 8.71. The normalized spacial score (nSPS) is 11.4. The number of benzene rings is 1. The van der Waals surface area contributed by atoms with E-state index in [9.17, 15) is 4.79 Å². The van der Waals surface area contributed by atoms with Crippen molar-refractivity contribution in [2.45, 2.75) is 51.4 Å². The summed E-state index contributed by atoms with van der Waals surface area (Å²) >= 11 is 1.39. The van der Waals surface area contributed by atoms with Gasteiger partial charge in [0, 0.05) is 18.3 Å². The van der Waals surface area contributed by atoms with Crippen LogP contribution in [0.25, 0.3) is 11.4 Å². The van der Waals surface area contributed by atoms with Gasteiger partial charge >= 0.3 is 0 Å². The van der Waals surface area contributed by atoms with E-state index in [-0.39, 0.29) is 17.1 Å². The zero-order valence-corrected chi connectivity index (χ0v) is 18.2. The number of pyridine rings is 1. The SMILES string of the molecule is CCn1c(SCC(=O)NCc2ccccn2)nnc1-c1ccc(C(C)(C)C)cc1. The summed E-state index contributed by atoms with van der Waals surface area (Å²) in [6.07, 6.45) is 1.72. The summed E-state index contributed by atoms with van der Waals surface area (Å²) in [5.41, 5.74) is 3.26. The van der Waals surface area contributed by atoms with Crippen LogP contribution in [-0.4, -0.2) is 31.4 Å². The van der Waals surface area contributed by atoms with Crippen LogP contribution in [0.5, 0.6) is 0 Å². The Balaban J connectivity index is 1.64. The van der Waals surface area contributed by atoms with E-state index in [4.69, 9.17) is 0 Å². The number of carbonyl (C=O) groups excluding carboxylic acids is 1. The van der Waals surface area contributed by atoms with Crippen molar-refractivity contribution < 1.29 is 4.79 Å². The molecule has 152 valence electrons. The Kier molecular flexibility index (Phi) is 6.69. The molecule has 6 nitrogen and oxygen atoms in total. The molecule has 0 atom stereocenters. The molecule has 2 heterocycles. The molecule has 0 bridgehead atoms. The first-order valence-electron chi connectivity index (χ1n) is 9.72. The highest BCUT2D eigenvalue weighted by molar-refractivity contribution is 7.99. The maximum absolute atomic E-state index is 12.2. The van der Waals surface area contributed by atoms with Gasteiger partial charge in [0.05, 0.1) is 18.0 Å². The predicted octanol–water partition coefficient (Wildman–Crippen LogP) is 4.07. The van der Waals surface area contributed by atoms with Crippen LogP contribution in [0.2, 0.25) is 0 Å². The lowest BCUT2D eigenvalue weighted by atomic mass is 9.87. The summed E-state index contributed by atoms with van der Waals surface area (Å²) in [7, 11) is 0. The van der Waals surface area contributed by atoms with Crippen molar-refractivity contribution >= 4 is 17.7 Å². The second kappa shape index (κ2) is 9.22. The van der Waals surface area contributed by atoms with E-state index < -0.39 is 0 Å². The first kappa shape index (κ1) is 21.0. The maximum atomic E-state index is 12.2. The number of rotatable bonds is 7. The lowest BCUT2D eigenvalue weighted by molar-refractivity contribution is -0.118. The molecule has 1 aromatic carbocycles. The van der Waals surface area contributed by atoms with Gasteiger partial charge in [-0.2, -0.15) is 0 Å². The summed E-state index contributed by atoms with van der Waals surface area (Å²) in [5.74, 6) is 1.06. The van der Waals surface area contributed by atoms with E-state index in [1.807, 2.05) is 22.8 Å². The lowest BCUT2D eigenvalue weighted by Crippen LogP contribution is -2.25. The minimum Gasteiger partial charge on any atom is -0.350 e. The molecule has 2 aromatic heterocycles. The Bertz CT molecular complexity index is 946. The van der Waals surface area contributed by atoms with Gasteiger partial charge in [-0.15, -0.1) is 10.2 Å². The van der Waals surface area contributed by atoms with E-state index in [1.54, 1.807) is 6.20 Å². The third-order valence-corrected chi connectivity index (χ3v) is 5.53. The van der Waals surface area contributed by atoms with Crippen LogP contribution in [0.4, 0.5) is 0 Å². The molecule has 7 heteroatoms. The van der Waals surface area contributed by atoms with Gasteiger partial charge in [-0.25, -0.2) is 0 Å². The number of aromatic nitrogens is 4. The minimum atomic E-state index is -0.0533. The number of carbonyl (C=O) groups is 1. The summed E-state index contributed by atoms with van der Waals surface area (Å²) < 4.78 is 2.04. The lowest BCUT2D eigenvalue weighted by Gasteiger charge is -2.19. The Morgan fingerprint density at radius 1 is 1.10 bits per heavy atom. The van der Waals surface area contributed by atoms with Crippen LogP contribution in [0.15, 0.2) is 53.8 Å². The van der Waals surface area contributed by atoms with Gasteiger partial charge < -0.3 is 9.88 Å². The zero-order valence-electron chi connectivity index (χ0n) is 17.3. The van der Waals surface area contributed by atoms with E-state index in [0.29, 0.717) is 6.54 Å². The summed E-state index contributed by atoms with van der Waals surface area (Å²) in [5, 5.41) is 12.3. The second-order valence-electron chi connectivity index (χ2n) is 7.76. The summed E-state index contributed by atoms with van der Waals surface area (Å²) in [4.78, 5) is 16.4. The third-order valence-electron chi connectivity index (χ3n) is 4.57. The predicted molar refractivity (Wildman–Crippen MR) is 117 cm³/mol. The molecule has 0 saturated heterocycles. The monoisotopic (exact) mass is 409 g/mol. The fourth-order valence-electron chi connectivity index (χ4n) is 2.89. The Labute approximate surface area is 176 Å². The first-order chi connectivity index (χ1) is 13.9. The quantitative estimate of drug-likeness (QED) is 0.596. The summed E-state index contributed by atoms with van der Waals surface area (Å²) in [6, 6.07) is 14.1. The average Bonchev–Trinajstić information content (AvgIpc) is 3.14. The standard InChI is InChI=1S/C22H27N5OS/c1-5-27-20(16-9-11-17(12-10-16)22(2,3)4)25-26-21(27)29-15-19(28)24-14-18-8-6-7-13-23-18/h6-13H,5,14-15H2,1-4H3,(H,24,28). The van der Waals surface area contributed by atoms with Gasteiger partial charge in [0.1, 0.15) is 0 Å². The van der Waals surface area contributed by atoms with E-state index >= 15 is 0 Å². The smallest absolute Gasteiger partial charge is 0.230 e. The highest BCUT2D eigenvalue weighted by Gasteiger charge is 2.17. The van der Waals surface area contributed by atoms with Crippen LogP contribution in [-0.2, 0) is 23.3 Å². The topological polar surface area (TPSA) is 72.7 Å². The van der Waals surface area contributed by atoms with Crippen molar-refractivity contribution in [1.29, 1.82) is 0 Å². The minimum absolute atomic E-state index is 0.0533. The molecule has 0 radical (unpaired) electrons. The van der Waals surface area contributed by atoms with E-state index in [1.165, 1.54) is 17.3 Å². The van der Waals surface area contributed by atoms with Crippen LogP contribution in [0.1, 0.15) is 39.0 Å². The molecule has 3 aromatic rings. The van der Waals surface area contributed by atoms with Crippen molar-refractivity contribution in [2.75, 3.05) is 5.75 Å². The molecule has 0 saturated carbocycles. The van der Waals surface area contributed by atoms with Gasteiger partial charge in [0.2, 0.25) is 5.91 Å². The molecule has 0 fully saturated rings. The largest absolute Gasteiger partial charge is 0.350 e. The molecule has 0 unspecified atom stereocenters. The molecule has 0 spiro atoms. The van der Waals surface area contributed by atoms with Crippen LogP contribution < -0.4 is 5.32 Å². The fourth-order valence-corrected chi connectivity index (χ4v) is 3.72. The molecule has 3 rings (SSSR count). The van der Waals surface area contributed by atoms with Gasteiger partial charge in [-0.05, 0) is 30.0 Å². The number of hydrogen-bond acceptors (Lipinski definition) is 5. The number of hydrogen-bond donors (Lipinski definition) is 1. The van der Waals surface area contributed by atoms with Gasteiger partial charge in [0.25, 0.3) is 0 Å². The van der Waals surface area contributed by atoms with Gasteiger partial charge in [-0.1, -0.05) is 62.9 Å². The Hall–Kier alpha value is -2.67. The van der Waals surface area contributed by atoms with Crippen LogP contribution in [0.3, 0.4) is 0 Å². The average molecular weight is 410 g/mol. The van der Waals surface area contributed by atoms with Crippen molar-refractivity contribution in [3.8, 4) is 11.4 Å². The van der Waals surface area contributed by atoms with Gasteiger partial charge in [0.15, 0.2) is 11.0 Å². The molecular weight excluding hydrogens is 382 g/mol. The molecular formula is C22H27N5OS. The summed E-state index contributed by atoms with van der Waals surface area (Å²) in [6.45, 7) is 9.81. The highest BCUT2D eigenvalue weighted by Crippen LogP contribution is 2.27. The first-order valence-corrected chi connectivity index (χ1v) is 10.7. The zero-order chi connectivity index (χ0) is 20.9. The molecule has 0 aliphatic carbocycles. The Morgan fingerprint density at radius 2 is 1.86 bits per heavy atom. The molecule has 0 aliphatic rings.